The minimum Gasteiger partial charge on any atom is -0.393 e. The molecule has 8 unspecified atom stereocenters. The number of rotatable bonds is 5. The lowest BCUT2D eigenvalue weighted by Gasteiger charge is -2.57. The maximum absolute atomic E-state index is 10.2. The largest absolute Gasteiger partial charge is 0.393 e. The Labute approximate surface area is 186 Å². The molecule has 0 radical (unpaired) electrons. The van der Waals surface area contributed by atoms with Gasteiger partial charge in [0.1, 0.15) is 0 Å². The molecule has 1 N–H and O–H groups in total. The molecule has 30 heavy (non-hydrogen) atoms. The van der Waals surface area contributed by atoms with E-state index < -0.39 is 0 Å². The van der Waals surface area contributed by atoms with Crippen molar-refractivity contribution in [2.45, 2.75) is 112 Å². The molecule has 0 heterocycles. The van der Waals surface area contributed by atoms with Crippen LogP contribution in [0.25, 0.3) is 0 Å². The average molecular weight is 413 g/mol. The zero-order chi connectivity index (χ0) is 21.7. The van der Waals surface area contributed by atoms with E-state index in [9.17, 15) is 5.11 Å². The molecule has 4 aliphatic carbocycles. The molecule has 170 valence electrons. The Kier molecular flexibility index (Phi) is 6.35. The first kappa shape index (κ1) is 22.6. The molecule has 0 bridgehead atoms. The molecule has 0 aromatic carbocycles. The van der Waals surface area contributed by atoms with Gasteiger partial charge in [-0.3, -0.25) is 0 Å². The Morgan fingerprint density at radius 1 is 1.17 bits per heavy atom. The van der Waals surface area contributed by atoms with Crippen LogP contribution in [0.15, 0.2) is 23.3 Å². The average Bonchev–Trinajstić information content (AvgIpc) is 3.06. The summed E-state index contributed by atoms with van der Waals surface area (Å²) in [6.07, 6.45) is 17.8. The number of allylic oxidation sites excluding steroid dienone is 3. The van der Waals surface area contributed by atoms with Crippen molar-refractivity contribution in [3.8, 4) is 0 Å². The van der Waals surface area contributed by atoms with Crippen LogP contribution in [-0.4, -0.2) is 11.2 Å². The first-order valence-corrected chi connectivity index (χ1v) is 13.2. The Hall–Kier alpha value is -0.560. The fourth-order valence-electron chi connectivity index (χ4n) is 8.59. The van der Waals surface area contributed by atoms with Gasteiger partial charge in [0.2, 0.25) is 0 Å². The van der Waals surface area contributed by atoms with Gasteiger partial charge in [-0.05, 0) is 117 Å². The van der Waals surface area contributed by atoms with E-state index in [1.807, 2.05) is 0 Å². The minimum atomic E-state index is -0.0839. The lowest BCUT2D eigenvalue weighted by Crippen LogP contribution is -2.49. The van der Waals surface area contributed by atoms with Crippen molar-refractivity contribution in [1.29, 1.82) is 0 Å². The fourth-order valence-corrected chi connectivity index (χ4v) is 8.59. The zero-order valence-electron chi connectivity index (χ0n) is 20.7. The number of aliphatic hydroxyl groups excluding tert-OH is 1. The second-order valence-electron chi connectivity index (χ2n) is 12.6. The number of hydrogen-bond donors (Lipinski definition) is 1. The lowest BCUT2D eigenvalue weighted by atomic mass is 9.48. The van der Waals surface area contributed by atoms with Gasteiger partial charge in [-0.1, -0.05) is 57.9 Å². The highest BCUT2D eigenvalue weighted by Crippen LogP contribution is 2.66. The summed E-state index contributed by atoms with van der Waals surface area (Å²) in [5.41, 5.74) is 4.23. The van der Waals surface area contributed by atoms with Crippen molar-refractivity contribution in [2.24, 2.45) is 46.3 Å². The first-order chi connectivity index (χ1) is 14.2. The normalized spacial score (nSPS) is 44.9. The summed E-state index contributed by atoms with van der Waals surface area (Å²) < 4.78 is 0. The SMILES string of the molecule is CC=C(CCC(C)C1CC2C3CC=C4CC(O)CCC4(C)C3CCC2(C)C1)C(C)C. The van der Waals surface area contributed by atoms with Crippen LogP contribution in [0.1, 0.15) is 106 Å². The van der Waals surface area contributed by atoms with Crippen LogP contribution < -0.4 is 0 Å². The molecule has 3 saturated carbocycles. The van der Waals surface area contributed by atoms with E-state index >= 15 is 0 Å². The van der Waals surface area contributed by atoms with Gasteiger partial charge in [-0.25, -0.2) is 0 Å². The standard InChI is InChI=1S/C29H48O/c1-7-21(19(2)3)9-8-20(4)22-16-27-25-11-10-23-17-24(30)12-15-29(23,6)26(25)13-14-28(27,5)18-22/h7,10,19-20,22,24-27,30H,8-9,11-18H2,1-6H3. The third kappa shape index (κ3) is 3.87. The minimum absolute atomic E-state index is 0.0839. The van der Waals surface area contributed by atoms with E-state index in [1.54, 1.807) is 11.1 Å². The molecule has 4 rings (SSSR count). The molecule has 0 aromatic rings. The monoisotopic (exact) mass is 412 g/mol. The third-order valence-electron chi connectivity index (χ3n) is 10.7. The second-order valence-corrected chi connectivity index (χ2v) is 12.6. The van der Waals surface area contributed by atoms with Gasteiger partial charge in [-0.15, -0.1) is 0 Å². The predicted molar refractivity (Wildman–Crippen MR) is 128 cm³/mol. The number of fused-ring (bicyclic) bond motifs is 5. The molecule has 8 atom stereocenters. The maximum Gasteiger partial charge on any atom is 0.0577 e. The van der Waals surface area contributed by atoms with E-state index in [4.69, 9.17) is 0 Å². The number of aliphatic hydroxyl groups is 1. The Balaban J connectivity index is 1.47. The summed E-state index contributed by atoms with van der Waals surface area (Å²) in [5, 5.41) is 10.2. The van der Waals surface area contributed by atoms with Crippen LogP contribution in [-0.2, 0) is 0 Å². The summed E-state index contributed by atoms with van der Waals surface area (Å²) >= 11 is 0. The Morgan fingerprint density at radius 3 is 2.63 bits per heavy atom. The van der Waals surface area contributed by atoms with Crippen molar-refractivity contribution < 1.29 is 5.11 Å². The predicted octanol–water partition coefficient (Wildman–Crippen LogP) is 7.94. The Morgan fingerprint density at radius 2 is 1.93 bits per heavy atom. The van der Waals surface area contributed by atoms with Gasteiger partial charge < -0.3 is 5.11 Å². The van der Waals surface area contributed by atoms with Crippen LogP contribution >= 0.6 is 0 Å². The van der Waals surface area contributed by atoms with Gasteiger partial charge in [0, 0.05) is 0 Å². The second kappa shape index (κ2) is 8.42. The summed E-state index contributed by atoms with van der Waals surface area (Å²) in [6, 6.07) is 0. The summed E-state index contributed by atoms with van der Waals surface area (Å²) in [7, 11) is 0. The molecule has 1 heteroatoms. The molecule has 0 spiro atoms. The summed E-state index contributed by atoms with van der Waals surface area (Å²) in [6.45, 7) is 14.7. The smallest absolute Gasteiger partial charge is 0.0577 e. The molecule has 0 aromatic heterocycles. The molecular weight excluding hydrogens is 364 g/mol. The third-order valence-corrected chi connectivity index (χ3v) is 10.7. The maximum atomic E-state index is 10.2. The van der Waals surface area contributed by atoms with Gasteiger partial charge in [0.15, 0.2) is 0 Å². The van der Waals surface area contributed by atoms with Crippen molar-refractivity contribution in [3.05, 3.63) is 23.3 Å². The highest BCUT2D eigenvalue weighted by molar-refractivity contribution is 5.25. The zero-order valence-corrected chi connectivity index (χ0v) is 20.7. The van der Waals surface area contributed by atoms with Gasteiger partial charge in [0.25, 0.3) is 0 Å². The highest BCUT2D eigenvalue weighted by atomic mass is 16.3. The van der Waals surface area contributed by atoms with Crippen LogP contribution in [0, 0.1) is 46.3 Å². The Bertz CT molecular complexity index is 686. The van der Waals surface area contributed by atoms with Gasteiger partial charge in [0.05, 0.1) is 6.10 Å². The van der Waals surface area contributed by atoms with Crippen LogP contribution in [0.5, 0.6) is 0 Å². The van der Waals surface area contributed by atoms with Crippen molar-refractivity contribution >= 4 is 0 Å². The highest BCUT2D eigenvalue weighted by Gasteiger charge is 2.57. The summed E-state index contributed by atoms with van der Waals surface area (Å²) in [4.78, 5) is 0. The van der Waals surface area contributed by atoms with Crippen molar-refractivity contribution in [2.75, 3.05) is 0 Å². The van der Waals surface area contributed by atoms with Crippen molar-refractivity contribution in [1.82, 2.24) is 0 Å². The topological polar surface area (TPSA) is 20.2 Å². The molecule has 1 nitrogen and oxygen atoms in total. The van der Waals surface area contributed by atoms with Gasteiger partial charge >= 0.3 is 0 Å². The quantitative estimate of drug-likeness (QED) is 0.454. The number of hydrogen-bond acceptors (Lipinski definition) is 1. The first-order valence-electron chi connectivity index (χ1n) is 13.2. The van der Waals surface area contributed by atoms with E-state index in [0.717, 1.165) is 42.4 Å². The molecular formula is C29H48O. The molecule has 4 aliphatic rings. The summed E-state index contributed by atoms with van der Waals surface area (Å²) in [5.74, 6) is 5.17. The molecule has 0 aliphatic heterocycles. The van der Waals surface area contributed by atoms with E-state index in [2.05, 4.69) is 53.7 Å². The fraction of sp³-hybridized carbons (Fsp3) is 0.862. The van der Waals surface area contributed by atoms with Crippen LogP contribution in [0.2, 0.25) is 0 Å². The molecule has 0 amide bonds. The van der Waals surface area contributed by atoms with E-state index in [0.29, 0.717) is 16.7 Å². The van der Waals surface area contributed by atoms with Crippen LogP contribution in [0.4, 0.5) is 0 Å². The van der Waals surface area contributed by atoms with E-state index in [1.165, 1.54) is 51.4 Å². The van der Waals surface area contributed by atoms with E-state index in [-0.39, 0.29) is 6.10 Å². The molecule has 0 saturated heterocycles. The van der Waals surface area contributed by atoms with Crippen LogP contribution in [0.3, 0.4) is 0 Å². The molecule has 3 fully saturated rings. The van der Waals surface area contributed by atoms with Crippen molar-refractivity contribution in [3.63, 3.8) is 0 Å². The van der Waals surface area contributed by atoms with Gasteiger partial charge in [-0.2, -0.15) is 0 Å². The lowest BCUT2D eigenvalue weighted by molar-refractivity contribution is -0.0360.